The largest absolute Gasteiger partial charge is 0.341 e. The molecule has 1 amide bonds. The first-order valence-electron chi connectivity index (χ1n) is 5.06. The maximum atomic E-state index is 11.4. The van der Waals surface area contributed by atoms with E-state index in [-0.39, 0.29) is 18.0 Å². The molecule has 1 saturated heterocycles. The fourth-order valence-electron chi connectivity index (χ4n) is 2.91. The van der Waals surface area contributed by atoms with E-state index in [0.717, 1.165) is 0 Å². The van der Waals surface area contributed by atoms with E-state index in [2.05, 4.69) is 6.92 Å². The Bertz CT molecular complexity index is 235. The molecule has 2 atom stereocenters. The van der Waals surface area contributed by atoms with Crippen LogP contribution in [0.15, 0.2) is 0 Å². The first-order valence-corrected chi connectivity index (χ1v) is 5.06. The average Bonchev–Trinajstić information content (AvgIpc) is 2.23. The summed E-state index contributed by atoms with van der Waals surface area (Å²) in [5.74, 6) is 0.214. The highest BCUT2D eigenvalue weighted by atomic mass is 16.2. The minimum Gasteiger partial charge on any atom is -0.341 e. The van der Waals surface area contributed by atoms with Crippen molar-refractivity contribution in [3.05, 3.63) is 0 Å². The molecule has 0 aromatic rings. The van der Waals surface area contributed by atoms with Gasteiger partial charge < -0.3 is 10.6 Å². The predicted molar refractivity (Wildman–Crippen MR) is 51.1 cm³/mol. The molecule has 3 nitrogen and oxygen atoms in total. The number of hydrogen-bond donors (Lipinski definition) is 1. The number of nitrogens with two attached hydrogens (primary N) is 1. The van der Waals surface area contributed by atoms with Gasteiger partial charge >= 0.3 is 0 Å². The quantitative estimate of drug-likeness (QED) is 0.650. The molecule has 1 aliphatic heterocycles. The summed E-state index contributed by atoms with van der Waals surface area (Å²) in [5.41, 5.74) is 6.30. The summed E-state index contributed by atoms with van der Waals surface area (Å²) in [4.78, 5) is 13.3. The van der Waals surface area contributed by atoms with Gasteiger partial charge in [0.25, 0.3) is 0 Å². The van der Waals surface area contributed by atoms with Gasteiger partial charge in [0, 0.05) is 19.5 Å². The maximum absolute atomic E-state index is 11.4. The molecule has 3 heteroatoms. The smallest absolute Gasteiger partial charge is 0.224 e. The molecule has 0 radical (unpaired) electrons. The van der Waals surface area contributed by atoms with Gasteiger partial charge in [-0.05, 0) is 18.3 Å². The molecular weight excluding hydrogens is 164 g/mol. The zero-order valence-corrected chi connectivity index (χ0v) is 8.42. The Hall–Kier alpha value is -0.570. The molecule has 1 aliphatic carbocycles. The van der Waals surface area contributed by atoms with Crippen molar-refractivity contribution < 1.29 is 4.79 Å². The van der Waals surface area contributed by atoms with Crippen LogP contribution in [0.2, 0.25) is 0 Å². The summed E-state index contributed by atoms with van der Waals surface area (Å²) in [5, 5.41) is 0. The van der Waals surface area contributed by atoms with Crippen molar-refractivity contribution in [3.63, 3.8) is 0 Å². The van der Waals surface area contributed by atoms with E-state index in [9.17, 15) is 4.79 Å². The van der Waals surface area contributed by atoms with Gasteiger partial charge in [-0.2, -0.15) is 0 Å². The van der Waals surface area contributed by atoms with Crippen LogP contribution in [-0.4, -0.2) is 29.9 Å². The first-order chi connectivity index (χ1) is 6.04. The van der Waals surface area contributed by atoms with Crippen LogP contribution in [0.1, 0.15) is 32.6 Å². The maximum Gasteiger partial charge on any atom is 0.224 e. The second-order valence-electron chi connectivity index (χ2n) is 4.83. The SMILES string of the molecule is CN1C(=O)C[C@H](N)[C@H]1C1(C)CCC1. The molecule has 2 rings (SSSR count). The van der Waals surface area contributed by atoms with Gasteiger partial charge in [-0.15, -0.1) is 0 Å². The lowest BCUT2D eigenvalue weighted by molar-refractivity contribution is -0.130. The molecule has 2 fully saturated rings. The highest BCUT2D eigenvalue weighted by molar-refractivity contribution is 5.79. The van der Waals surface area contributed by atoms with Crippen molar-refractivity contribution in [1.82, 2.24) is 4.90 Å². The Morgan fingerprint density at radius 3 is 2.46 bits per heavy atom. The number of nitrogens with zero attached hydrogens (tertiary/aromatic N) is 1. The van der Waals surface area contributed by atoms with Gasteiger partial charge in [-0.3, -0.25) is 4.79 Å². The van der Waals surface area contributed by atoms with Crippen LogP contribution in [0, 0.1) is 5.41 Å². The van der Waals surface area contributed by atoms with E-state index in [1.54, 1.807) is 0 Å². The van der Waals surface area contributed by atoms with Gasteiger partial charge in [0.2, 0.25) is 5.91 Å². The second kappa shape index (κ2) is 2.71. The number of carbonyl (C=O) groups is 1. The standard InChI is InChI=1S/C10H18N2O/c1-10(4-3-5-10)9-7(11)6-8(13)12(9)2/h7,9H,3-6,11H2,1-2H3/t7-,9-/m0/s1. The lowest BCUT2D eigenvalue weighted by atomic mass is 9.64. The first kappa shape index (κ1) is 9.00. The number of amides is 1. The van der Waals surface area contributed by atoms with Gasteiger partial charge in [-0.1, -0.05) is 13.3 Å². The van der Waals surface area contributed by atoms with Crippen molar-refractivity contribution in [1.29, 1.82) is 0 Å². The Labute approximate surface area is 79.3 Å². The second-order valence-corrected chi connectivity index (χ2v) is 4.83. The molecule has 13 heavy (non-hydrogen) atoms. The summed E-state index contributed by atoms with van der Waals surface area (Å²) >= 11 is 0. The molecule has 0 aromatic carbocycles. The molecule has 74 valence electrons. The Kier molecular flexibility index (Phi) is 1.88. The highest BCUT2D eigenvalue weighted by Crippen LogP contribution is 2.47. The minimum absolute atomic E-state index is 0.0581. The lowest BCUT2D eigenvalue weighted by Crippen LogP contribution is -2.52. The van der Waals surface area contributed by atoms with Crippen LogP contribution in [0.4, 0.5) is 0 Å². The van der Waals surface area contributed by atoms with Crippen LogP contribution >= 0.6 is 0 Å². The van der Waals surface area contributed by atoms with Gasteiger partial charge in [0.05, 0.1) is 6.04 Å². The summed E-state index contributed by atoms with van der Waals surface area (Å²) < 4.78 is 0. The zero-order chi connectivity index (χ0) is 9.64. The Morgan fingerprint density at radius 1 is 1.54 bits per heavy atom. The van der Waals surface area contributed by atoms with E-state index >= 15 is 0 Å². The minimum atomic E-state index is 0.0581. The summed E-state index contributed by atoms with van der Waals surface area (Å²) in [6, 6.07) is 0.344. The fourth-order valence-corrected chi connectivity index (χ4v) is 2.91. The van der Waals surface area contributed by atoms with Gasteiger partial charge in [-0.25, -0.2) is 0 Å². The third-order valence-electron chi connectivity index (χ3n) is 3.84. The van der Waals surface area contributed by atoms with Crippen LogP contribution in [0.5, 0.6) is 0 Å². The third kappa shape index (κ3) is 1.17. The molecule has 0 aromatic heterocycles. The molecule has 1 saturated carbocycles. The van der Waals surface area contributed by atoms with Gasteiger partial charge in [0.1, 0.15) is 0 Å². The summed E-state index contributed by atoms with van der Waals surface area (Å²) in [6.45, 7) is 2.26. The average molecular weight is 182 g/mol. The normalized spacial score (nSPS) is 37.8. The molecule has 0 spiro atoms. The molecule has 0 unspecified atom stereocenters. The van der Waals surface area contributed by atoms with Crippen molar-refractivity contribution in [3.8, 4) is 0 Å². The number of hydrogen-bond acceptors (Lipinski definition) is 2. The summed E-state index contributed by atoms with van der Waals surface area (Å²) in [6.07, 6.45) is 4.28. The molecule has 2 N–H and O–H groups in total. The van der Waals surface area contributed by atoms with Crippen LogP contribution < -0.4 is 5.73 Å². The summed E-state index contributed by atoms with van der Waals surface area (Å²) in [7, 11) is 1.89. The predicted octanol–water partition coefficient (Wildman–Crippen LogP) is 0.735. The van der Waals surface area contributed by atoms with E-state index in [0.29, 0.717) is 11.8 Å². The third-order valence-corrected chi connectivity index (χ3v) is 3.84. The Morgan fingerprint density at radius 2 is 2.15 bits per heavy atom. The van der Waals surface area contributed by atoms with Crippen molar-refractivity contribution in [2.75, 3.05) is 7.05 Å². The topological polar surface area (TPSA) is 46.3 Å². The molecule has 2 aliphatic rings. The Balaban J connectivity index is 2.17. The monoisotopic (exact) mass is 182 g/mol. The van der Waals surface area contributed by atoms with Crippen LogP contribution in [0.3, 0.4) is 0 Å². The van der Waals surface area contributed by atoms with Gasteiger partial charge in [0.15, 0.2) is 0 Å². The van der Waals surface area contributed by atoms with E-state index < -0.39 is 0 Å². The lowest BCUT2D eigenvalue weighted by Gasteiger charge is -2.47. The van der Waals surface area contributed by atoms with Crippen molar-refractivity contribution in [2.24, 2.45) is 11.1 Å². The molecular formula is C10H18N2O. The number of carbonyl (C=O) groups excluding carboxylic acids is 1. The van der Waals surface area contributed by atoms with E-state index in [1.165, 1.54) is 19.3 Å². The zero-order valence-electron chi connectivity index (χ0n) is 8.42. The fraction of sp³-hybridized carbons (Fsp3) is 0.900. The highest BCUT2D eigenvalue weighted by Gasteiger charge is 2.49. The van der Waals surface area contributed by atoms with Crippen LogP contribution in [-0.2, 0) is 4.79 Å². The molecule has 1 heterocycles. The van der Waals surface area contributed by atoms with Crippen molar-refractivity contribution in [2.45, 2.75) is 44.7 Å². The number of likely N-dealkylation sites (tertiary alicyclic amines) is 1. The number of likely N-dealkylation sites (N-methyl/N-ethyl adjacent to an activating group) is 1. The van der Waals surface area contributed by atoms with E-state index in [1.807, 2.05) is 11.9 Å². The van der Waals surface area contributed by atoms with Crippen LogP contribution in [0.25, 0.3) is 0 Å². The number of rotatable bonds is 1. The van der Waals surface area contributed by atoms with E-state index in [4.69, 9.17) is 5.73 Å². The molecule has 0 bridgehead atoms. The van der Waals surface area contributed by atoms with Crippen molar-refractivity contribution >= 4 is 5.91 Å².